The molecule has 1 unspecified atom stereocenters. The molecule has 1 atom stereocenters. The van der Waals surface area contributed by atoms with Crippen LogP contribution in [0.15, 0.2) is 0 Å². The highest BCUT2D eigenvalue weighted by Gasteiger charge is 2.23. The SMILES string of the molecule is CN1CCC(CN(C)C(=O)NC2CCOC2)CC1. The second kappa shape index (κ2) is 6.38. The minimum absolute atomic E-state index is 0.0458. The van der Waals surface area contributed by atoms with Gasteiger partial charge in [0.2, 0.25) is 0 Å². The third-order valence-electron chi connectivity index (χ3n) is 3.97. The van der Waals surface area contributed by atoms with Crippen LogP contribution in [-0.2, 0) is 4.74 Å². The zero-order valence-electron chi connectivity index (χ0n) is 11.5. The summed E-state index contributed by atoms with van der Waals surface area (Å²) in [5.41, 5.74) is 0. The fourth-order valence-electron chi connectivity index (χ4n) is 2.65. The lowest BCUT2D eigenvalue weighted by atomic mass is 9.97. The van der Waals surface area contributed by atoms with Gasteiger partial charge in [-0.05, 0) is 45.3 Å². The highest BCUT2D eigenvalue weighted by atomic mass is 16.5. The van der Waals surface area contributed by atoms with Crippen LogP contribution in [0.4, 0.5) is 4.79 Å². The van der Waals surface area contributed by atoms with E-state index < -0.39 is 0 Å². The van der Waals surface area contributed by atoms with Gasteiger partial charge >= 0.3 is 6.03 Å². The summed E-state index contributed by atoms with van der Waals surface area (Å²) in [6.07, 6.45) is 3.33. The largest absolute Gasteiger partial charge is 0.379 e. The van der Waals surface area contributed by atoms with Crippen LogP contribution in [0.3, 0.4) is 0 Å². The number of hydrogen-bond acceptors (Lipinski definition) is 3. The van der Waals surface area contributed by atoms with Crippen molar-refractivity contribution in [1.82, 2.24) is 15.1 Å². The van der Waals surface area contributed by atoms with E-state index >= 15 is 0 Å². The zero-order chi connectivity index (χ0) is 13.0. The van der Waals surface area contributed by atoms with Crippen LogP contribution in [0.25, 0.3) is 0 Å². The molecule has 104 valence electrons. The van der Waals surface area contributed by atoms with E-state index in [4.69, 9.17) is 4.74 Å². The predicted molar refractivity (Wildman–Crippen MR) is 70.6 cm³/mol. The van der Waals surface area contributed by atoms with Crippen molar-refractivity contribution in [3.8, 4) is 0 Å². The smallest absolute Gasteiger partial charge is 0.317 e. The summed E-state index contributed by atoms with van der Waals surface area (Å²) in [5.74, 6) is 0.650. The Morgan fingerprint density at radius 2 is 2.11 bits per heavy atom. The Hall–Kier alpha value is -0.810. The van der Waals surface area contributed by atoms with Crippen LogP contribution in [0.2, 0.25) is 0 Å². The molecule has 2 heterocycles. The van der Waals surface area contributed by atoms with Gasteiger partial charge in [0, 0.05) is 20.2 Å². The maximum atomic E-state index is 12.0. The molecule has 2 aliphatic heterocycles. The first-order valence-corrected chi connectivity index (χ1v) is 6.93. The minimum Gasteiger partial charge on any atom is -0.379 e. The number of nitrogens with zero attached hydrogens (tertiary/aromatic N) is 2. The van der Waals surface area contributed by atoms with Gasteiger partial charge in [-0.25, -0.2) is 4.79 Å². The van der Waals surface area contributed by atoms with Gasteiger partial charge in [-0.15, -0.1) is 0 Å². The maximum Gasteiger partial charge on any atom is 0.317 e. The standard InChI is InChI=1S/C13H25N3O2/c1-15-6-3-11(4-7-15)9-16(2)13(17)14-12-5-8-18-10-12/h11-12H,3-10H2,1-2H3,(H,14,17). The fraction of sp³-hybridized carbons (Fsp3) is 0.923. The van der Waals surface area contributed by atoms with E-state index in [-0.39, 0.29) is 12.1 Å². The number of urea groups is 1. The van der Waals surface area contributed by atoms with Crippen LogP contribution in [0.5, 0.6) is 0 Å². The zero-order valence-corrected chi connectivity index (χ0v) is 11.5. The number of ether oxygens (including phenoxy) is 1. The molecule has 2 rings (SSSR count). The number of likely N-dealkylation sites (tertiary alicyclic amines) is 1. The fourth-order valence-corrected chi connectivity index (χ4v) is 2.65. The summed E-state index contributed by atoms with van der Waals surface area (Å²) >= 11 is 0. The molecule has 0 aromatic heterocycles. The van der Waals surface area contributed by atoms with Crippen LogP contribution in [-0.4, -0.2) is 68.8 Å². The number of rotatable bonds is 3. The number of piperidine rings is 1. The molecule has 2 saturated heterocycles. The molecule has 0 bridgehead atoms. The van der Waals surface area contributed by atoms with Gasteiger partial charge in [-0.3, -0.25) is 0 Å². The first-order valence-electron chi connectivity index (χ1n) is 6.93. The monoisotopic (exact) mass is 255 g/mol. The molecule has 2 fully saturated rings. The van der Waals surface area contributed by atoms with Crippen molar-refractivity contribution in [3.05, 3.63) is 0 Å². The van der Waals surface area contributed by atoms with Crippen LogP contribution >= 0.6 is 0 Å². The number of carbonyl (C=O) groups is 1. The molecule has 2 aliphatic rings. The normalized spacial score (nSPS) is 26.2. The Balaban J connectivity index is 1.69. The molecule has 0 aromatic carbocycles. The maximum absolute atomic E-state index is 12.0. The number of nitrogens with one attached hydrogen (secondary N) is 1. The molecular formula is C13H25N3O2. The Morgan fingerprint density at radius 3 is 2.72 bits per heavy atom. The lowest BCUT2D eigenvalue weighted by molar-refractivity contribution is 0.163. The second-order valence-electron chi connectivity index (χ2n) is 5.64. The van der Waals surface area contributed by atoms with Crippen LogP contribution in [0, 0.1) is 5.92 Å². The van der Waals surface area contributed by atoms with Crippen molar-refractivity contribution in [1.29, 1.82) is 0 Å². The number of amides is 2. The quantitative estimate of drug-likeness (QED) is 0.810. The summed E-state index contributed by atoms with van der Waals surface area (Å²) < 4.78 is 5.26. The molecule has 0 saturated carbocycles. The van der Waals surface area contributed by atoms with E-state index in [1.807, 2.05) is 11.9 Å². The van der Waals surface area contributed by atoms with E-state index in [0.717, 1.165) is 32.7 Å². The Bertz CT molecular complexity index is 271. The van der Waals surface area contributed by atoms with Crippen LogP contribution < -0.4 is 5.32 Å². The molecular weight excluding hydrogens is 230 g/mol. The highest BCUT2D eigenvalue weighted by Crippen LogP contribution is 2.16. The van der Waals surface area contributed by atoms with Crippen molar-refractivity contribution < 1.29 is 9.53 Å². The first kappa shape index (κ1) is 13.6. The van der Waals surface area contributed by atoms with E-state index in [0.29, 0.717) is 12.5 Å². The lowest BCUT2D eigenvalue weighted by Crippen LogP contribution is -2.46. The summed E-state index contributed by atoms with van der Waals surface area (Å²) in [5, 5.41) is 3.03. The van der Waals surface area contributed by atoms with E-state index in [9.17, 15) is 4.79 Å². The number of carbonyl (C=O) groups excluding carboxylic acids is 1. The minimum atomic E-state index is 0.0458. The summed E-state index contributed by atoms with van der Waals surface area (Å²) in [7, 11) is 4.05. The first-order chi connectivity index (χ1) is 8.65. The van der Waals surface area contributed by atoms with E-state index in [1.54, 1.807) is 0 Å². The van der Waals surface area contributed by atoms with E-state index in [1.165, 1.54) is 12.8 Å². The molecule has 5 heteroatoms. The van der Waals surface area contributed by atoms with Crippen molar-refractivity contribution in [2.75, 3.05) is 46.9 Å². The molecule has 18 heavy (non-hydrogen) atoms. The molecule has 1 N–H and O–H groups in total. The highest BCUT2D eigenvalue weighted by molar-refractivity contribution is 5.74. The summed E-state index contributed by atoms with van der Waals surface area (Å²) in [6, 6.07) is 0.252. The van der Waals surface area contributed by atoms with Gasteiger partial charge in [-0.1, -0.05) is 0 Å². The Kier molecular flexibility index (Phi) is 4.83. The summed E-state index contributed by atoms with van der Waals surface area (Å²) in [4.78, 5) is 16.2. The predicted octanol–water partition coefficient (Wildman–Crippen LogP) is 0.759. The third-order valence-corrected chi connectivity index (χ3v) is 3.97. The average Bonchev–Trinajstić information content (AvgIpc) is 2.85. The van der Waals surface area contributed by atoms with Gasteiger partial charge in [0.15, 0.2) is 0 Å². The van der Waals surface area contributed by atoms with Crippen molar-refractivity contribution in [3.63, 3.8) is 0 Å². The third kappa shape index (κ3) is 3.85. The second-order valence-corrected chi connectivity index (χ2v) is 5.64. The Labute approximate surface area is 109 Å². The topological polar surface area (TPSA) is 44.8 Å². The van der Waals surface area contributed by atoms with Gasteiger partial charge < -0.3 is 19.9 Å². The molecule has 0 aliphatic carbocycles. The Morgan fingerprint density at radius 1 is 1.39 bits per heavy atom. The lowest BCUT2D eigenvalue weighted by Gasteiger charge is -2.32. The van der Waals surface area contributed by atoms with Gasteiger partial charge in [0.1, 0.15) is 0 Å². The molecule has 5 nitrogen and oxygen atoms in total. The van der Waals surface area contributed by atoms with Crippen molar-refractivity contribution in [2.45, 2.75) is 25.3 Å². The van der Waals surface area contributed by atoms with Gasteiger partial charge in [0.25, 0.3) is 0 Å². The molecule has 0 spiro atoms. The van der Waals surface area contributed by atoms with Gasteiger partial charge in [-0.2, -0.15) is 0 Å². The number of hydrogen-bond donors (Lipinski definition) is 1. The molecule has 0 aromatic rings. The molecule has 2 amide bonds. The van der Waals surface area contributed by atoms with E-state index in [2.05, 4.69) is 17.3 Å². The molecule has 0 radical (unpaired) electrons. The van der Waals surface area contributed by atoms with Gasteiger partial charge in [0.05, 0.1) is 12.6 Å². The average molecular weight is 255 g/mol. The summed E-state index contributed by atoms with van der Waals surface area (Å²) in [6.45, 7) is 4.60. The van der Waals surface area contributed by atoms with Crippen molar-refractivity contribution in [2.24, 2.45) is 5.92 Å². The van der Waals surface area contributed by atoms with Crippen molar-refractivity contribution >= 4 is 6.03 Å². The van der Waals surface area contributed by atoms with Crippen LogP contribution in [0.1, 0.15) is 19.3 Å².